The molecule has 2 heterocycles. The van der Waals surface area contributed by atoms with E-state index in [4.69, 9.17) is 21.5 Å². The van der Waals surface area contributed by atoms with Crippen molar-refractivity contribution in [3.63, 3.8) is 0 Å². The van der Waals surface area contributed by atoms with Crippen molar-refractivity contribution in [1.82, 2.24) is 10.2 Å². The van der Waals surface area contributed by atoms with Gasteiger partial charge in [0.2, 0.25) is 10.0 Å². The summed E-state index contributed by atoms with van der Waals surface area (Å²) in [4.78, 5) is 28.2. The lowest BCUT2D eigenvalue weighted by Gasteiger charge is -2.36. The molecule has 2 aromatic carbocycles. The third-order valence-electron chi connectivity index (χ3n) is 5.98. The standard InChI is InChI=1S/C22H28ClN5O3S.C2HF3O2/c1-32(30,31)25-20-15-17(5-6-21(20)27-9-7-24-8-10-27)22(29)28-13-11-26(12-14-28)19-4-2-3-18(23)16-19;3-2(4,5)1(6)7/h2-6,15-16,24-25H,7-14H2,1H3;(H,6,7). The first kappa shape index (κ1) is 30.3. The normalized spacial score (nSPS) is 16.3. The van der Waals surface area contributed by atoms with Gasteiger partial charge in [-0.15, -0.1) is 0 Å². The molecule has 0 bridgehead atoms. The predicted octanol–water partition coefficient (Wildman–Crippen LogP) is 2.72. The highest BCUT2D eigenvalue weighted by Gasteiger charge is 2.38. The van der Waals surface area contributed by atoms with Gasteiger partial charge in [-0.3, -0.25) is 9.52 Å². The molecule has 214 valence electrons. The maximum absolute atomic E-state index is 13.2. The van der Waals surface area contributed by atoms with Crippen molar-refractivity contribution < 1.29 is 36.3 Å². The molecule has 2 aliphatic heterocycles. The van der Waals surface area contributed by atoms with Crippen LogP contribution in [0.3, 0.4) is 0 Å². The maximum Gasteiger partial charge on any atom is 0.490 e. The van der Waals surface area contributed by atoms with Crippen molar-refractivity contribution in [2.24, 2.45) is 0 Å². The van der Waals surface area contributed by atoms with Crippen molar-refractivity contribution in [2.45, 2.75) is 6.18 Å². The van der Waals surface area contributed by atoms with Crippen LogP contribution >= 0.6 is 11.6 Å². The molecule has 2 saturated heterocycles. The molecular weight excluding hydrogens is 563 g/mol. The largest absolute Gasteiger partial charge is 0.490 e. The van der Waals surface area contributed by atoms with Gasteiger partial charge >= 0.3 is 12.1 Å². The highest BCUT2D eigenvalue weighted by Crippen LogP contribution is 2.29. The molecule has 0 spiro atoms. The molecule has 2 aromatic rings. The number of nitrogens with zero attached hydrogens (tertiary/aromatic N) is 3. The van der Waals surface area contributed by atoms with Crippen LogP contribution in [-0.4, -0.2) is 95.1 Å². The van der Waals surface area contributed by atoms with Gasteiger partial charge in [0.1, 0.15) is 0 Å². The average Bonchev–Trinajstić information content (AvgIpc) is 2.88. The van der Waals surface area contributed by atoms with Gasteiger partial charge in [0.05, 0.1) is 17.6 Å². The van der Waals surface area contributed by atoms with Crippen LogP contribution in [0.2, 0.25) is 5.02 Å². The Balaban J connectivity index is 0.000000532. The van der Waals surface area contributed by atoms with Gasteiger partial charge in [-0.1, -0.05) is 17.7 Å². The van der Waals surface area contributed by atoms with E-state index in [9.17, 15) is 26.4 Å². The van der Waals surface area contributed by atoms with Crippen molar-refractivity contribution >= 4 is 50.6 Å². The van der Waals surface area contributed by atoms with Gasteiger partial charge in [0, 0.05) is 68.6 Å². The van der Waals surface area contributed by atoms with E-state index in [0.717, 1.165) is 43.8 Å². The molecule has 2 aliphatic rings. The Morgan fingerprint density at radius 3 is 2.13 bits per heavy atom. The van der Waals surface area contributed by atoms with Crippen molar-refractivity contribution in [2.75, 3.05) is 73.1 Å². The lowest BCUT2D eigenvalue weighted by Crippen LogP contribution is -2.48. The van der Waals surface area contributed by atoms with Gasteiger partial charge in [-0.05, 0) is 36.4 Å². The quantitative estimate of drug-likeness (QED) is 0.485. The minimum absolute atomic E-state index is 0.0980. The van der Waals surface area contributed by atoms with Gasteiger partial charge in [-0.25, -0.2) is 13.2 Å². The van der Waals surface area contributed by atoms with Crippen LogP contribution < -0.4 is 19.8 Å². The van der Waals surface area contributed by atoms with E-state index >= 15 is 0 Å². The van der Waals surface area contributed by atoms with Crippen LogP contribution in [-0.2, 0) is 14.8 Å². The molecule has 1 amide bonds. The third kappa shape index (κ3) is 8.90. The second-order valence-electron chi connectivity index (χ2n) is 8.91. The Morgan fingerprint density at radius 1 is 0.974 bits per heavy atom. The number of piperazine rings is 2. The van der Waals surface area contributed by atoms with Crippen LogP contribution in [0.25, 0.3) is 0 Å². The number of aliphatic carboxylic acids is 1. The molecule has 10 nitrogen and oxygen atoms in total. The second-order valence-corrected chi connectivity index (χ2v) is 11.1. The summed E-state index contributed by atoms with van der Waals surface area (Å²) in [7, 11) is -3.48. The number of carboxylic acids is 1. The molecule has 0 aliphatic carbocycles. The first-order valence-corrected chi connectivity index (χ1v) is 14.2. The molecule has 4 rings (SSSR count). The zero-order valence-corrected chi connectivity index (χ0v) is 22.6. The first-order chi connectivity index (χ1) is 18.2. The van der Waals surface area contributed by atoms with Crippen LogP contribution in [0.1, 0.15) is 10.4 Å². The molecule has 15 heteroatoms. The van der Waals surface area contributed by atoms with E-state index < -0.39 is 22.2 Å². The van der Waals surface area contributed by atoms with Crippen molar-refractivity contribution in [3.05, 3.63) is 53.1 Å². The number of carboxylic acid groups (broad SMARTS) is 1. The molecule has 0 atom stereocenters. The molecule has 3 N–H and O–H groups in total. The Kier molecular flexibility index (Phi) is 9.91. The predicted molar refractivity (Wildman–Crippen MR) is 143 cm³/mol. The molecule has 0 unspecified atom stereocenters. The number of benzene rings is 2. The zero-order chi connectivity index (χ0) is 28.8. The number of nitrogens with one attached hydrogen (secondary N) is 2. The smallest absolute Gasteiger partial charge is 0.475 e. The first-order valence-electron chi connectivity index (χ1n) is 11.9. The number of hydrogen-bond donors (Lipinski definition) is 3. The summed E-state index contributed by atoms with van der Waals surface area (Å²) in [6.07, 6.45) is -3.96. The molecule has 0 radical (unpaired) electrons. The number of rotatable bonds is 5. The summed E-state index contributed by atoms with van der Waals surface area (Å²) in [5.74, 6) is -2.85. The highest BCUT2D eigenvalue weighted by molar-refractivity contribution is 7.92. The molecule has 0 saturated carbocycles. The number of halogens is 4. The number of carbonyl (C=O) groups is 2. The van der Waals surface area contributed by atoms with Gasteiger partial charge in [0.15, 0.2) is 0 Å². The van der Waals surface area contributed by atoms with E-state index in [1.165, 1.54) is 0 Å². The van der Waals surface area contributed by atoms with E-state index in [2.05, 4.69) is 19.8 Å². The number of anilines is 3. The van der Waals surface area contributed by atoms with Gasteiger partial charge in [-0.2, -0.15) is 13.2 Å². The summed E-state index contributed by atoms with van der Waals surface area (Å²) in [6, 6.07) is 13.0. The van der Waals surface area contributed by atoms with Crippen LogP contribution in [0.15, 0.2) is 42.5 Å². The Hall–Kier alpha value is -3.23. The fourth-order valence-electron chi connectivity index (χ4n) is 4.16. The molecule has 39 heavy (non-hydrogen) atoms. The Bertz CT molecular complexity index is 1280. The van der Waals surface area contributed by atoms with E-state index in [0.29, 0.717) is 42.5 Å². The SMILES string of the molecule is CS(=O)(=O)Nc1cc(C(=O)N2CCN(c3cccc(Cl)c3)CC2)ccc1N1CCNCC1.O=C(O)C(F)(F)F. The summed E-state index contributed by atoms with van der Waals surface area (Å²) >= 11 is 6.11. The summed E-state index contributed by atoms with van der Waals surface area (Å²) in [5, 5.41) is 11.1. The lowest BCUT2D eigenvalue weighted by atomic mass is 10.1. The minimum atomic E-state index is -5.08. The van der Waals surface area contributed by atoms with Crippen molar-refractivity contribution in [3.8, 4) is 0 Å². The van der Waals surface area contributed by atoms with Crippen LogP contribution in [0.4, 0.5) is 30.2 Å². The molecule has 2 fully saturated rings. The molecular formula is C24H29ClF3N5O5S. The number of sulfonamides is 1. The average molecular weight is 592 g/mol. The van der Waals surface area contributed by atoms with E-state index in [1.807, 2.05) is 35.2 Å². The number of carbonyl (C=O) groups excluding carboxylic acids is 1. The summed E-state index contributed by atoms with van der Waals surface area (Å²) in [5.41, 5.74) is 2.76. The fourth-order valence-corrected chi connectivity index (χ4v) is 4.90. The second kappa shape index (κ2) is 12.7. The van der Waals surface area contributed by atoms with E-state index in [-0.39, 0.29) is 5.91 Å². The van der Waals surface area contributed by atoms with Gasteiger partial charge in [0.25, 0.3) is 5.91 Å². The third-order valence-corrected chi connectivity index (χ3v) is 6.81. The Labute approximate surface area is 229 Å². The lowest BCUT2D eigenvalue weighted by molar-refractivity contribution is -0.192. The zero-order valence-electron chi connectivity index (χ0n) is 21.0. The van der Waals surface area contributed by atoms with E-state index in [1.54, 1.807) is 12.1 Å². The minimum Gasteiger partial charge on any atom is -0.475 e. The fraction of sp³-hybridized carbons (Fsp3) is 0.417. The monoisotopic (exact) mass is 591 g/mol. The highest BCUT2D eigenvalue weighted by atomic mass is 35.5. The van der Waals surface area contributed by atoms with Crippen molar-refractivity contribution in [1.29, 1.82) is 0 Å². The maximum atomic E-state index is 13.2. The summed E-state index contributed by atoms with van der Waals surface area (Å²) in [6.45, 7) is 5.79. The van der Waals surface area contributed by atoms with Gasteiger partial charge < -0.3 is 25.1 Å². The topological polar surface area (TPSA) is 122 Å². The number of hydrogen-bond acceptors (Lipinski definition) is 7. The number of amides is 1. The summed E-state index contributed by atoms with van der Waals surface area (Å²) < 4.78 is 58.3. The van der Waals surface area contributed by atoms with Crippen LogP contribution in [0, 0.1) is 0 Å². The Morgan fingerprint density at radius 2 is 1.59 bits per heavy atom. The van der Waals surface area contributed by atoms with Crippen LogP contribution in [0.5, 0.6) is 0 Å². The molecule has 0 aromatic heterocycles. The number of alkyl halides is 3.